The van der Waals surface area contributed by atoms with Crippen LogP contribution in [0.5, 0.6) is 5.75 Å². The van der Waals surface area contributed by atoms with E-state index < -0.39 is 0 Å². The lowest BCUT2D eigenvalue weighted by Crippen LogP contribution is -2.27. The van der Waals surface area contributed by atoms with Gasteiger partial charge in [0.15, 0.2) is 11.6 Å². The van der Waals surface area contributed by atoms with Crippen LogP contribution in [0.2, 0.25) is 5.02 Å². The maximum atomic E-state index is 13.0. The first-order valence-electron chi connectivity index (χ1n) is 9.37. The van der Waals surface area contributed by atoms with Crippen LogP contribution in [0, 0.1) is 0 Å². The lowest BCUT2D eigenvalue weighted by Gasteiger charge is -2.25. The van der Waals surface area contributed by atoms with Crippen molar-refractivity contribution in [3.63, 3.8) is 0 Å². The van der Waals surface area contributed by atoms with Gasteiger partial charge in [-0.3, -0.25) is 9.36 Å². The van der Waals surface area contributed by atoms with E-state index in [1.54, 1.807) is 16.7 Å². The topological polar surface area (TPSA) is 34.5 Å². The van der Waals surface area contributed by atoms with E-state index in [0.29, 0.717) is 17.0 Å². The highest BCUT2D eigenvalue weighted by Gasteiger charge is 2.26. The van der Waals surface area contributed by atoms with Gasteiger partial charge in [-0.25, -0.2) is 0 Å². The van der Waals surface area contributed by atoms with Gasteiger partial charge in [0.1, 0.15) is 0 Å². The van der Waals surface area contributed by atoms with Crippen LogP contribution in [0.25, 0.3) is 10.8 Å². The van der Waals surface area contributed by atoms with Crippen LogP contribution in [-0.2, 0) is 20.1 Å². The summed E-state index contributed by atoms with van der Waals surface area (Å²) in [6.07, 6.45) is 2.01. The molecule has 5 heteroatoms. The molecule has 2 heterocycles. The van der Waals surface area contributed by atoms with Gasteiger partial charge in [-0.15, -0.1) is 0 Å². The summed E-state index contributed by atoms with van der Waals surface area (Å²) < 4.78 is 7.94. The Labute approximate surface area is 163 Å². The first-order chi connectivity index (χ1) is 13.1. The van der Waals surface area contributed by atoms with Gasteiger partial charge in [0.05, 0.1) is 12.0 Å². The van der Waals surface area contributed by atoms with Crippen molar-refractivity contribution in [1.29, 1.82) is 0 Å². The molecule has 0 saturated heterocycles. The third-order valence-corrected chi connectivity index (χ3v) is 5.40. The third kappa shape index (κ3) is 3.19. The Morgan fingerprint density at radius 1 is 1.07 bits per heavy atom. The molecule has 0 aliphatic carbocycles. The van der Waals surface area contributed by atoms with Crippen molar-refractivity contribution < 1.29 is 4.74 Å². The summed E-state index contributed by atoms with van der Waals surface area (Å²) in [7, 11) is 1.82. The average molecular weight is 383 g/mol. The molecule has 2 aromatic carbocycles. The number of benzene rings is 2. The Kier molecular flexibility index (Phi) is 4.83. The van der Waals surface area contributed by atoms with Gasteiger partial charge in [-0.1, -0.05) is 49.2 Å². The Morgan fingerprint density at radius 2 is 1.78 bits per heavy atom. The zero-order chi connectivity index (χ0) is 19.0. The standard InChI is InChI=1S/C22H23ClN2O2/c1-3-4-11-27-20-19-12-17(23)9-10-18(19)22(26)24(2)21(20)25-13-15-7-5-6-8-16(15)14-25/h5-10,12H,3-4,11,13-14H2,1-2H3. The van der Waals surface area contributed by atoms with Gasteiger partial charge in [-0.2, -0.15) is 0 Å². The fourth-order valence-corrected chi connectivity index (χ4v) is 3.91. The van der Waals surface area contributed by atoms with Crippen molar-refractivity contribution in [2.75, 3.05) is 11.5 Å². The minimum atomic E-state index is -0.0320. The molecule has 0 unspecified atom stereocenters. The molecular weight excluding hydrogens is 360 g/mol. The number of aromatic nitrogens is 1. The molecule has 27 heavy (non-hydrogen) atoms. The maximum Gasteiger partial charge on any atom is 0.259 e. The van der Waals surface area contributed by atoms with Crippen LogP contribution in [0.1, 0.15) is 30.9 Å². The predicted molar refractivity (Wildman–Crippen MR) is 111 cm³/mol. The van der Waals surface area contributed by atoms with Crippen molar-refractivity contribution in [1.82, 2.24) is 4.57 Å². The van der Waals surface area contributed by atoms with Crippen LogP contribution in [-0.4, -0.2) is 11.2 Å². The average Bonchev–Trinajstić information content (AvgIpc) is 3.09. The number of unbranched alkanes of at least 4 members (excludes halogenated alkanes) is 1. The van der Waals surface area contributed by atoms with Gasteiger partial charge in [0.25, 0.3) is 5.56 Å². The number of nitrogens with zero attached hydrogens (tertiary/aromatic N) is 2. The van der Waals surface area contributed by atoms with Crippen molar-refractivity contribution >= 4 is 28.2 Å². The third-order valence-electron chi connectivity index (χ3n) is 5.17. The van der Waals surface area contributed by atoms with Gasteiger partial charge < -0.3 is 9.64 Å². The van der Waals surface area contributed by atoms with E-state index in [1.165, 1.54) is 11.1 Å². The van der Waals surface area contributed by atoms with Gasteiger partial charge in [0.2, 0.25) is 0 Å². The van der Waals surface area contributed by atoms with E-state index in [2.05, 4.69) is 36.1 Å². The van der Waals surface area contributed by atoms with Crippen LogP contribution in [0.3, 0.4) is 0 Å². The first-order valence-corrected chi connectivity index (χ1v) is 9.74. The fraction of sp³-hybridized carbons (Fsp3) is 0.318. The van der Waals surface area contributed by atoms with Crippen molar-refractivity contribution in [2.45, 2.75) is 32.9 Å². The Balaban J connectivity index is 1.89. The molecule has 3 aromatic rings. The van der Waals surface area contributed by atoms with Gasteiger partial charge >= 0.3 is 0 Å². The summed E-state index contributed by atoms with van der Waals surface area (Å²) in [6.45, 7) is 4.28. The van der Waals surface area contributed by atoms with Crippen LogP contribution >= 0.6 is 11.6 Å². The second-order valence-corrected chi connectivity index (χ2v) is 7.47. The maximum absolute atomic E-state index is 13.0. The first kappa shape index (κ1) is 17.9. The van der Waals surface area contributed by atoms with Gasteiger partial charge in [-0.05, 0) is 35.7 Å². The molecule has 0 spiro atoms. The SMILES string of the molecule is CCCCOc1c(N2Cc3ccccc3C2)n(C)c(=O)c2ccc(Cl)cc12. The number of pyridine rings is 1. The molecule has 0 saturated carbocycles. The number of ether oxygens (including phenoxy) is 1. The molecule has 1 aromatic heterocycles. The molecule has 0 fully saturated rings. The lowest BCUT2D eigenvalue weighted by atomic mass is 10.1. The van der Waals surface area contributed by atoms with Crippen LogP contribution in [0.4, 0.5) is 5.82 Å². The highest BCUT2D eigenvalue weighted by Crippen LogP contribution is 2.39. The summed E-state index contributed by atoms with van der Waals surface area (Å²) in [5.41, 5.74) is 2.54. The van der Waals surface area contributed by atoms with Gasteiger partial charge in [0, 0.05) is 30.5 Å². The predicted octanol–water partition coefficient (Wildman–Crippen LogP) is 4.89. The minimum absolute atomic E-state index is 0.0320. The highest BCUT2D eigenvalue weighted by atomic mass is 35.5. The zero-order valence-electron chi connectivity index (χ0n) is 15.7. The quantitative estimate of drug-likeness (QED) is 0.589. The summed E-state index contributed by atoms with van der Waals surface area (Å²) >= 11 is 6.25. The number of anilines is 1. The molecule has 0 radical (unpaired) electrons. The minimum Gasteiger partial charge on any atom is -0.489 e. The second-order valence-electron chi connectivity index (χ2n) is 7.03. The Morgan fingerprint density at radius 3 is 2.44 bits per heavy atom. The Bertz CT molecular complexity index is 1030. The monoisotopic (exact) mass is 382 g/mol. The number of hydrogen-bond acceptors (Lipinski definition) is 3. The summed E-state index contributed by atoms with van der Waals surface area (Å²) in [4.78, 5) is 15.2. The largest absolute Gasteiger partial charge is 0.489 e. The van der Waals surface area contributed by atoms with Crippen molar-refractivity contribution in [2.24, 2.45) is 7.05 Å². The summed E-state index contributed by atoms with van der Waals surface area (Å²) in [5.74, 6) is 1.57. The van der Waals surface area contributed by atoms with E-state index in [-0.39, 0.29) is 5.56 Å². The van der Waals surface area contributed by atoms with Crippen LogP contribution in [0.15, 0.2) is 47.3 Å². The molecule has 1 aliphatic rings. The highest BCUT2D eigenvalue weighted by molar-refractivity contribution is 6.31. The zero-order valence-corrected chi connectivity index (χ0v) is 16.4. The lowest BCUT2D eigenvalue weighted by molar-refractivity contribution is 0.311. The fourth-order valence-electron chi connectivity index (χ4n) is 3.74. The van der Waals surface area contributed by atoms with Crippen molar-refractivity contribution in [3.05, 3.63) is 69.0 Å². The Hall–Kier alpha value is -2.46. The molecule has 140 valence electrons. The molecule has 0 atom stereocenters. The van der Waals surface area contributed by atoms with Crippen molar-refractivity contribution in [3.8, 4) is 5.75 Å². The molecule has 4 rings (SSSR count). The number of fused-ring (bicyclic) bond motifs is 2. The molecule has 0 N–H and O–H groups in total. The normalized spacial score (nSPS) is 13.2. The second kappa shape index (κ2) is 7.28. The van der Waals surface area contributed by atoms with Crippen LogP contribution < -0.4 is 15.2 Å². The van der Waals surface area contributed by atoms with E-state index >= 15 is 0 Å². The van der Waals surface area contributed by atoms with E-state index in [4.69, 9.17) is 16.3 Å². The summed E-state index contributed by atoms with van der Waals surface area (Å²) in [5, 5.41) is 2.02. The van der Waals surface area contributed by atoms with E-state index in [9.17, 15) is 4.79 Å². The number of hydrogen-bond donors (Lipinski definition) is 0. The molecular formula is C22H23ClN2O2. The molecule has 4 nitrogen and oxygen atoms in total. The smallest absolute Gasteiger partial charge is 0.259 e. The molecule has 0 bridgehead atoms. The number of halogens is 1. The van der Waals surface area contributed by atoms with E-state index in [1.807, 2.05) is 13.1 Å². The summed E-state index contributed by atoms with van der Waals surface area (Å²) in [6, 6.07) is 13.8. The van der Waals surface area contributed by atoms with E-state index in [0.717, 1.165) is 42.9 Å². The molecule has 1 aliphatic heterocycles. The number of rotatable bonds is 5. The molecule has 0 amide bonds.